The first-order chi connectivity index (χ1) is 9.04. The maximum Gasteiger partial charge on any atom is 0.242 e. The van der Waals surface area contributed by atoms with Crippen molar-refractivity contribution in [2.75, 3.05) is 6.54 Å². The van der Waals surface area contributed by atoms with Gasteiger partial charge in [0.2, 0.25) is 10.0 Å². The summed E-state index contributed by atoms with van der Waals surface area (Å²) < 4.78 is 40.1. The molecular formula is C13H15FN2O2S. The van der Waals surface area contributed by atoms with E-state index in [1.807, 2.05) is 0 Å². The maximum atomic E-state index is 13.4. The molecule has 1 saturated carbocycles. The third-order valence-electron chi connectivity index (χ3n) is 3.41. The lowest BCUT2D eigenvalue weighted by molar-refractivity contribution is 0.519. The van der Waals surface area contributed by atoms with Crippen LogP contribution in [0, 0.1) is 23.1 Å². The Bertz CT molecular complexity index is 602. The van der Waals surface area contributed by atoms with Crippen LogP contribution in [-0.2, 0) is 10.0 Å². The van der Waals surface area contributed by atoms with Crippen molar-refractivity contribution in [3.8, 4) is 6.07 Å². The lowest BCUT2D eigenvalue weighted by Gasteiger charge is -2.12. The minimum absolute atomic E-state index is 0.284. The fourth-order valence-corrected chi connectivity index (χ4v) is 3.64. The van der Waals surface area contributed by atoms with Crippen LogP contribution in [-0.4, -0.2) is 15.0 Å². The Morgan fingerprint density at radius 2 is 2.05 bits per heavy atom. The van der Waals surface area contributed by atoms with Gasteiger partial charge >= 0.3 is 0 Å². The van der Waals surface area contributed by atoms with E-state index in [-0.39, 0.29) is 4.90 Å². The van der Waals surface area contributed by atoms with Gasteiger partial charge in [0.1, 0.15) is 22.3 Å². The molecular weight excluding hydrogens is 267 g/mol. The molecule has 0 atom stereocenters. The van der Waals surface area contributed by atoms with E-state index in [1.165, 1.54) is 12.1 Å². The van der Waals surface area contributed by atoms with E-state index in [0.717, 1.165) is 31.7 Å². The molecule has 1 fully saturated rings. The molecule has 0 saturated heterocycles. The number of halogens is 1. The van der Waals surface area contributed by atoms with Gasteiger partial charge in [-0.15, -0.1) is 0 Å². The van der Waals surface area contributed by atoms with Crippen LogP contribution in [0.15, 0.2) is 23.1 Å². The van der Waals surface area contributed by atoms with Gasteiger partial charge in [-0.3, -0.25) is 0 Å². The van der Waals surface area contributed by atoms with Crippen molar-refractivity contribution < 1.29 is 12.8 Å². The quantitative estimate of drug-likeness (QED) is 0.920. The molecule has 0 amide bonds. The molecule has 1 N–H and O–H groups in total. The van der Waals surface area contributed by atoms with E-state index >= 15 is 0 Å². The number of hydrogen-bond acceptors (Lipinski definition) is 3. The Hall–Kier alpha value is -1.45. The number of nitriles is 1. The number of hydrogen-bond donors (Lipinski definition) is 1. The van der Waals surface area contributed by atoms with Gasteiger partial charge in [0.05, 0.1) is 0 Å². The number of rotatable bonds is 4. The van der Waals surface area contributed by atoms with Crippen LogP contribution < -0.4 is 4.72 Å². The average Bonchev–Trinajstić information content (AvgIpc) is 2.89. The SMILES string of the molecule is N#Cc1c(F)cccc1S(=O)(=O)NCC1CCCC1. The summed E-state index contributed by atoms with van der Waals surface area (Å²) in [4.78, 5) is -0.284. The molecule has 1 aliphatic rings. The van der Waals surface area contributed by atoms with Crippen molar-refractivity contribution in [1.29, 1.82) is 5.26 Å². The maximum absolute atomic E-state index is 13.4. The van der Waals surface area contributed by atoms with Gasteiger partial charge < -0.3 is 0 Å². The highest BCUT2D eigenvalue weighted by atomic mass is 32.2. The summed E-state index contributed by atoms with van der Waals surface area (Å²) in [5.41, 5.74) is -0.429. The van der Waals surface area contributed by atoms with E-state index in [1.54, 1.807) is 6.07 Å². The first-order valence-electron chi connectivity index (χ1n) is 6.23. The third-order valence-corrected chi connectivity index (χ3v) is 4.88. The monoisotopic (exact) mass is 282 g/mol. The largest absolute Gasteiger partial charge is 0.242 e. The highest BCUT2D eigenvalue weighted by Crippen LogP contribution is 2.25. The van der Waals surface area contributed by atoms with Crippen LogP contribution in [0.25, 0.3) is 0 Å². The van der Waals surface area contributed by atoms with E-state index in [0.29, 0.717) is 12.5 Å². The van der Waals surface area contributed by atoms with Crippen LogP contribution in [0.5, 0.6) is 0 Å². The normalized spacial score (nSPS) is 16.4. The fourth-order valence-electron chi connectivity index (χ4n) is 2.36. The van der Waals surface area contributed by atoms with Gasteiger partial charge in [0.15, 0.2) is 0 Å². The first kappa shape index (κ1) is 14.0. The lowest BCUT2D eigenvalue weighted by Crippen LogP contribution is -2.29. The molecule has 0 aliphatic heterocycles. The summed E-state index contributed by atoms with van der Waals surface area (Å²) in [6, 6.07) is 5.22. The lowest BCUT2D eigenvalue weighted by atomic mass is 10.1. The topological polar surface area (TPSA) is 70.0 Å². The van der Waals surface area contributed by atoms with E-state index < -0.39 is 21.4 Å². The van der Waals surface area contributed by atoms with Crippen LogP contribution in [0.1, 0.15) is 31.2 Å². The van der Waals surface area contributed by atoms with E-state index in [2.05, 4.69) is 4.72 Å². The summed E-state index contributed by atoms with van der Waals surface area (Å²) in [7, 11) is -3.83. The minimum Gasteiger partial charge on any atom is -0.211 e. The summed E-state index contributed by atoms with van der Waals surface area (Å²) in [5.74, 6) is -0.472. The molecule has 1 aromatic carbocycles. The van der Waals surface area contributed by atoms with Gasteiger partial charge in [-0.1, -0.05) is 18.9 Å². The zero-order valence-electron chi connectivity index (χ0n) is 10.4. The second kappa shape index (κ2) is 5.68. The highest BCUT2D eigenvalue weighted by molar-refractivity contribution is 7.89. The zero-order valence-corrected chi connectivity index (χ0v) is 11.2. The Morgan fingerprint density at radius 1 is 1.37 bits per heavy atom. The third kappa shape index (κ3) is 3.11. The molecule has 0 radical (unpaired) electrons. The smallest absolute Gasteiger partial charge is 0.211 e. The van der Waals surface area contributed by atoms with Crippen molar-refractivity contribution in [3.05, 3.63) is 29.6 Å². The number of sulfonamides is 1. The summed E-state index contributed by atoms with van der Waals surface area (Å²) in [6.07, 6.45) is 4.26. The minimum atomic E-state index is -3.83. The molecule has 0 unspecified atom stereocenters. The Balaban J connectivity index is 2.20. The van der Waals surface area contributed by atoms with E-state index in [9.17, 15) is 12.8 Å². The molecule has 2 rings (SSSR count). The first-order valence-corrected chi connectivity index (χ1v) is 7.71. The molecule has 19 heavy (non-hydrogen) atoms. The Morgan fingerprint density at radius 3 is 2.68 bits per heavy atom. The highest BCUT2D eigenvalue weighted by Gasteiger charge is 2.23. The molecule has 102 valence electrons. The van der Waals surface area contributed by atoms with Crippen LogP contribution >= 0.6 is 0 Å². The summed E-state index contributed by atoms with van der Waals surface area (Å²) in [5, 5.41) is 8.86. The van der Waals surface area contributed by atoms with Gasteiger partial charge in [-0.25, -0.2) is 17.5 Å². The van der Waals surface area contributed by atoms with Crippen molar-refractivity contribution >= 4 is 10.0 Å². The molecule has 1 aliphatic carbocycles. The van der Waals surface area contributed by atoms with E-state index in [4.69, 9.17) is 5.26 Å². The molecule has 0 spiro atoms. The fraction of sp³-hybridized carbons (Fsp3) is 0.462. The molecule has 1 aromatic rings. The summed E-state index contributed by atoms with van der Waals surface area (Å²) in [6.45, 7) is 0.351. The van der Waals surface area contributed by atoms with Crippen LogP contribution in [0.4, 0.5) is 4.39 Å². The number of nitrogens with one attached hydrogen (secondary N) is 1. The van der Waals surface area contributed by atoms with Gasteiger partial charge in [-0.05, 0) is 30.9 Å². The predicted molar refractivity (Wildman–Crippen MR) is 68.3 cm³/mol. The zero-order chi connectivity index (χ0) is 13.9. The second-order valence-electron chi connectivity index (χ2n) is 4.73. The molecule has 0 heterocycles. The van der Waals surface area contributed by atoms with Crippen LogP contribution in [0.2, 0.25) is 0 Å². The molecule has 6 heteroatoms. The van der Waals surface area contributed by atoms with Gasteiger partial charge in [-0.2, -0.15) is 5.26 Å². The summed E-state index contributed by atoms with van der Waals surface area (Å²) >= 11 is 0. The van der Waals surface area contributed by atoms with Gasteiger partial charge in [0.25, 0.3) is 0 Å². The van der Waals surface area contributed by atoms with Crippen LogP contribution in [0.3, 0.4) is 0 Å². The number of nitrogens with zero attached hydrogens (tertiary/aromatic N) is 1. The number of benzene rings is 1. The standard InChI is InChI=1S/C13H15FN2O2S/c14-12-6-3-7-13(11(12)8-15)19(17,18)16-9-10-4-1-2-5-10/h3,6-7,10,16H,1-2,4-5,9H2. The van der Waals surface area contributed by atoms with Crippen molar-refractivity contribution in [3.63, 3.8) is 0 Å². The van der Waals surface area contributed by atoms with Crippen molar-refractivity contribution in [1.82, 2.24) is 4.72 Å². The average molecular weight is 282 g/mol. The van der Waals surface area contributed by atoms with Crippen molar-refractivity contribution in [2.24, 2.45) is 5.92 Å². The van der Waals surface area contributed by atoms with Crippen molar-refractivity contribution in [2.45, 2.75) is 30.6 Å². The predicted octanol–water partition coefficient (Wildman–Crippen LogP) is 2.17. The molecule has 0 aromatic heterocycles. The Labute approximate surface area is 112 Å². The Kier molecular flexibility index (Phi) is 4.17. The molecule has 0 bridgehead atoms. The molecule has 4 nitrogen and oxygen atoms in total. The second-order valence-corrected chi connectivity index (χ2v) is 6.46. The van der Waals surface area contributed by atoms with Gasteiger partial charge in [0, 0.05) is 6.54 Å².